The third kappa shape index (κ3) is 4.32. The molecule has 3 aromatic heterocycles. The van der Waals surface area contributed by atoms with Crippen LogP contribution in [0.2, 0.25) is 0 Å². The fraction of sp³-hybridized carbons (Fsp3) is 0.0541. The van der Waals surface area contributed by atoms with Gasteiger partial charge in [-0.3, -0.25) is 15.0 Å². The van der Waals surface area contributed by atoms with E-state index >= 15 is 0 Å². The zero-order valence-electron chi connectivity index (χ0n) is 22.5. The van der Waals surface area contributed by atoms with Crippen LogP contribution in [-0.2, 0) is 0 Å². The second kappa shape index (κ2) is 9.87. The molecule has 0 fully saturated rings. The van der Waals surface area contributed by atoms with Gasteiger partial charge in [0, 0.05) is 35.7 Å². The van der Waals surface area contributed by atoms with Gasteiger partial charge in [0.25, 0.3) is 0 Å². The first kappa shape index (κ1) is 23.9. The maximum atomic E-state index is 4.75. The lowest BCUT2D eigenvalue weighted by Gasteiger charge is -2.16. The average molecular weight is 514 g/mol. The molecule has 3 heteroatoms. The van der Waals surface area contributed by atoms with E-state index in [0.717, 1.165) is 33.5 Å². The van der Waals surface area contributed by atoms with Crippen molar-refractivity contribution in [2.75, 3.05) is 0 Å². The summed E-state index contributed by atoms with van der Waals surface area (Å²) in [6.07, 6.45) is 7.43. The second-order valence-electron chi connectivity index (χ2n) is 10.3. The van der Waals surface area contributed by atoms with Crippen molar-refractivity contribution in [2.24, 2.45) is 0 Å². The highest BCUT2D eigenvalue weighted by Gasteiger charge is 2.14. The van der Waals surface area contributed by atoms with Gasteiger partial charge in [0.2, 0.25) is 0 Å². The Morgan fingerprint density at radius 2 is 1.25 bits per heavy atom. The van der Waals surface area contributed by atoms with Crippen molar-refractivity contribution in [2.45, 2.75) is 13.8 Å². The Balaban J connectivity index is 1.52. The fourth-order valence-electron chi connectivity index (χ4n) is 5.60. The number of hydrogen-bond acceptors (Lipinski definition) is 3. The molecule has 0 radical (unpaired) electrons. The molecular weight excluding hydrogens is 486 g/mol. The molecule has 0 aliphatic heterocycles. The van der Waals surface area contributed by atoms with Crippen LogP contribution < -0.4 is 0 Å². The first-order valence-electron chi connectivity index (χ1n) is 13.5. The van der Waals surface area contributed by atoms with Gasteiger partial charge >= 0.3 is 0 Å². The van der Waals surface area contributed by atoms with Gasteiger partial charge in [0.1, 0.15) is 0 Å². The number of rotatable bonds is 4. The predicted octanol–water partition coefficient (Wildman–Crippen LogP) is 9.46. The van der Waals surface area contributed by atoms with Gasteiger partial charge in [-0.2, -0.15) is 0 Å². The van der Waals surface area contributed by atoms with E-state index in [1.54, 1.807) is 0 Å². The molecule has 0 aliphatic rings. The number of pyridine rings is 3. The zero-order valence-corrected chi connectivity index (χ0v) is 22.5. The standard InChI is InChI=1S/C37H27N3/c1-24-8-11-31-32-6-5-15-40-37(32)23-34(35(31)18-24)30-20-28(26-12-16-38-17-13-26)19-29(21-30)33-22-27(10-9-25(33)2)36-7-3-4-14-39-36/h3-23H,1-2H3. The van der Waals surface area contributed by atoms with E-state index < -0.39 is 0 Å². The summed E-state index contributed by atoms with van der Waals surface area (Å²) in [7, 11) is 0. The Hall–Kier alpha value is -5.15. The molecule has 7 rings (SSSR count). The van der Waals surface area contributed by atoms with E-state index in [9.17, 15) is 0 Å². The Morgan fingerprint density at radius 3 is 2.08 bits per heavy atom. The van der Waals surface area contributed by atoms with Crippen molar-refractivity contribution < 1.29 is 0 Å². The number of benzene rings is 4. The molecule has 0 saturated heterocycles. The molecule has 0 bridgehead atoms. The summed E-state index contributed by atoms with van der Waals surface area (Å²) in [5.74, 6) is 0. The predicted molar refractivity (Wildman–Crippen MR) is 166 cm³/mol. The summed E-state index contributed by atoms with van der Waals surface area (Å²) in [6, 6.07) is 36.8. The molecular formula is C37H27N3. The third-order valence-corrected chi connectivity index (χ3v) is 7.64. The first-order valence-corrected chi connectivity index (χ1v) is 13.5. The van der Waals surface area contributed by atoms with E-state index in [2.05, 4.69) is 109 Å². The molecule has 0 unspecified atom stereocenters. The van der Waals surface area contributed by atoms with Gasteiger partial charge in [-0.25, -0.2) is 0 Å². The summed E-state index contributed by atoms with van der Waals surface area (Å²) in [5, 5.41) is 3.62. The summed E-state index contributed by atoms with van der Waals surface area (Å²) >= 11 is 0. The Labute approximate surface area is 233 Å². The molecule has 4 aromatic carbocycles. The van der Waals surface area contributed by atoms with Crippen LogP contribution in [0.15, 0.2) is 128 Å². The minimum absolute atomic E-state index is 0.969. The van der Waals surface area contributed by atoms with Crippen LogP contribution in [0.25, 0.3) is 66.3 Å². The van der Waals surface area contributed by atoms with E-state index in [-0.39, 0.29) is 0 Å². The van der Waals surface area contributed by atoms with Gasteiger partial charge in [0.05, 0.1) is 11.2 Å². The number of fused-ring (bicyclic) bond motifs is 3. The van der Waals surface area contributed by atoms with Gasteiger partial charge in [-0.1, -0.05) is 48.0 Å². The molecule has 0 saturated carbocycles. The number of aryl methyl sites for hydroxylation is 2. The largest absolute Gasteiger partial charge is 0.265 e. The summed E-state index contributed by atoms with van der Waals surface area (Å²) in [4.78, 5) is 13.6. The van der Waals surface area contributed by atoms with Crippen molar-refractivity contribution in [3.8, 4) is 44.6 Å². The van der Waals surface area contributed by atoms with Crippen molar-refractivity contribution in [1.29, 1.82) is 0 Å². The lowest BCUT2D eigenvalue weighted by molar-refractivity contribution is 1.32. The summed E-state index contributed by atoms with van der Waals surface area (Å²) in [6.45, 7) is 4.33. The maximum absolute atomic E-state index is 4.75. The zero-order chi connectivity index (χ0) is 27.1. The molecule has 0 amide bonds. The monoisotopic (exact) mass is 513 g/mol. The SMILES string of the molecule is Cc1ccc2c(c1)c(-c1cc(-c3ccncc3)cc(-c3cc(-c4ccccn4)ccc3C)c1)cc1ncccc12. The number of hydrogen-bond donors (Lipinski definition) is 0. The normalized spacial score (nSPS) is 11.2. The molecule has 3 nitrogen and oxygen atoms in total. The number of aromatic nitrogens is 3. The van der Waals surface area contributed by atoms with Crippen LogP contribution in [0.1, 0.15) is 11.1 Å². The smallest absolute Gasteiger partial charge is 0.0714 e. The molecule has 0 aliphatic carbocycles. The summed E-state index contributed by atoms with van der Waals surface area (Å²) in [5.41, 5.74) is 12.5. The van der Waals surface area contributed by atoms with Crippen LogP contribution in [-0.4, -0.2) is 15.0 Å². The molecule has 7 aromatic rings. The highest BCUT2D eigenvalue weighted by Crippen LogP contribution is 2.40. The molecule has 3 heterocycles. The molecule has 0 spiro atoms. The van der Waals surface area contributed by atoms with Crippen LogP contribution in [0.3, 0.4) is 0 Å². The Bertz CT molecular complexity index is 2010. The van der Waals surface area contributed by atoms with E-state index in [1.165, 1.54) is 44.0 Å². The number of nitrogens with zero attached hydrogens (tertiary/aromatic N) is 3. The van der Waals surface area contributed by atoms with Crippen LogP contribution in [0.4, 0.5) is 0 Å². The quantitative estimate of drug-likeness (QED) is 0.220. The second-order valence-corrected chi connectivity index (χ2v) is 10.3. The van der Waals surface area contributed by atoms with E-state index in [0.29, 0.717) is 0 Å². The van der Waals surface area contributed by atoms with E-state index in [1.807, 2.05) is 43.0 Å². The highest BCUT2D eigenvalue weighted by atomic mass is 14.7. The minimum atomic E-state index is 0.969. The fourth-order valence-corrected chi connectivity index (χ4v) is 5.60. The maximum Gasteiger partial charge on any atom is 0.0714 e. The van der Waals surface area contributed by atoms with Crippen LogP contribution in [0.5, 0.6) is 0 Å². The van der Waals surface area contributed by atoms with Crippen molar-refractivity contribution in [3.05, 3.63) is 139 Å². The molecule has 0 N–H and O–H groups in total. The van der Waals surface area contributed by atoms with Gasteiger partial charge in [-0.15, -0.1) is 0 Å². The highest BCUT2D eigenvalue weighted by molar-refractivity contribution is 6.13. The minimum Gasteiger partial charge on any atom is -0.265 e. The average Bonchev–Trinajstić information content (AvgIpc) is 3.01. The lowest BCUT2D eigenvalue weighted by Crippen LogP contribution is -1.92. The van der Waals surface area contributed by atoms with Crippen molar-refractivity contribution in [1.82, 2.24) is 15.0 Å². The van der Waals surface area contributed by atoms with Crippen molar-refractivity contribution in [3.63, 3.8) is 0 Å². The molecule has 190 valence electrons. The topological polar surface area (TPSA) is 38.7 Å². The summed E-state index contributed by atoms with van der Waals surface area (Å²) < 4.78 is 0. The van der Waals surface area contributed by atoms with Gasteiger partial charge < -0.3 is 0 Å². The van der Waals surface area contributed by atoms with Gasteiger partial charge in [0.15, 0.2) is 0 Å². The molecule has 40 heavy (non-hydrogen) atoms. The Kier molecular flexibility index (Phi) is 5.90. The van der Waals surface area contributed by atoms with Crippen molar-refractivity contribution >= 4 is 21.7 Å². The Morgan fingerprint density at radius 1 is 0.450 bits per heavy atom. The first-order chi connectivity index (χ1) is 19.6. The van der Waals surface area contributed by atoms with Crippen LogP contribution in [0, 0.1) is 13.8 Å². The molecule has 0 atom stereocenters. The van der Waals surface area contributed by atoms with Gasteiger partial charge in [-0.05, 0) is 124 Å². The van der Waals surface area contributed by atoms with Crippen LogP contribution >= 0.6 is 0 Å². The van der Waals surface area contributed by atoms with E-state index in [4.69, 9.17) is 4.98 Å². The lowest BCUT2D eigenvalue weighted by atomic mass is 9.88. The third-order valence-electron chi connectivity index (χ3n) is 7.64.